The molecule has 1 fully saturated rings. The number of hydrogen-bond donors (Lipinski definition) is 3. The molecule has 19 heavy (non-hydrogen) atoms. The Labute approximate surface area is 112 Å². The summed E-state index contributed by atoms with van der Waals surface area (Å²) in [6.07, 6.45) is 3.39. The lowest BCUT2D eigenvalue weighted by molar-refractivity contribution is -0.144. The molecule has 0 saturated heterocycles. The number of urea groups is 1. The molecule has 1 aliphatic rings. The number of carboxylic acids is 1. The number of carbonyl (C=O) groups excluding carboxylic acids is 1. The third-order valence-corrected chi connectivity index (χ3v) is 4.26. The molecule has 3 N–H and O–H groups in total. The van der Waals surface area contributed by atoms with E-state index in [1.54, 1.807) is 6.92 Å². The van der Waals surface area contributed by atoms with Gasteiger partial charge in [0.05, 0.1) is 5.75 Å². The van der Waals surface area contributed by atoms with Crippen molar-refractivity contribution in [2.24, 2.45) is 0 Å². The summed E-state index contributed by atoms with van der Waals surface area (Å²) in [5, 5.41) is 14.1. The highest BCUT2D eigenvalue weighted by atomic mass is 32.2. The van der Waals surface area contributed by atoms with Crippen LogP contribution in [0.1, 0.15) is 32.6 Å². The SMILES string of the molecule is CC(CS(C)(=O)=O)NC(=O)NC1(C(=O)O)CCCC1. The first-order chi connectivity index (χ1) is 8.65. The normalized spacial score (nSPS) is 19.7. The Morgan fingerprint density at radius 1 is 1.32 bits per heavy atom. The molecule has 0 aliphatic heterocycles. The monoisotopic (exact) mass is 292 g/mol. The van der Waals surface area contributed by atoms with Crippen LogP contribution in [0, 0.1) is 0 Å². The molecule has 2 amide bonds. The Kier molecular flexibility index (Phi) is 4.78. The topological polar surface area (TPSA) is 113 Å². The van der Waals surface area contributed by atoms with Crippen LogP contribution in [-0.4, -0.2) is 49.1 Å². The van der Waals surface area contributed by atoms with Crippen LogP contribution in [0.2, 0.25) is 0 Å². The molecule has 0 heterocycles. The van der Waals surface area contributed by atoms with Crippen molar-refractivity contribution in [2.75, 3.05) is 12.0 Å². The Morgan fingerprint density at radius 2 is 1.84 bits per heavy atom. The van der Waals surface area contributed by atoms with Crippen molar-refractivity contribution < 1.29 is 23.1 Å². The number of nitrogens with one attached hydrogen (secondary N) is 2. The van der Waals surface area contributed by atoms with Gasteiger partial charge in [-0.2, -0.15) is 0 Å². The fourth-order valence-electron chi connectivity index (χ4n) is 2.34. The molecule has 0 aromatic heterocycles. The molecular weight excluding hydrogens is 272 g/mol. The predicted molar refractivity (Wildman–Crippen MR) is 69.7 cm³/mol. The van der Waals surface area contributed by atoms with E-state index in [4.69, 9.17) is 0 Å². The quantitative estimate of drug-likeness (QED) is 0.666. The van der Waals surface area contributed by atoms with Crippen LogP contribution in [0.5, 0.6) is 0 Å². The molecule has 7 nitrogen and oxygen atoms in total. The van der Waals surface area contributed by atoms with Crippen molar-refractivity contribution in [2.45, 2.75) is 44.2 Å². The van der Waals surface area contributed by atoms with E-state index in [2.05, 4.69) is 10.6 Å². The zero-order valence-electron chi connectivity index (χ0n) is 11.1. The van der Waals surface area contributed by atoms with Crippen molar-refractivity contribution in [1.82, 2.24) is 10.6 Å². The maximum atomic E-state index is 11.7. The number of carbonyl (C=O) groups is 2. The van der Waals surface area contributed by atoms with Gasteiger partial charge in [0, 0.05) is 12.3 Å². The number of aliphatic carboxylic acids is 1. The Morgan fingerprint density at radius 3 is 2.26 bits per heavy atom. The van der Waals surface area contributed by atoms with Gasteiger partial charge in [0.1, 0.15) is 15.4 Å². The molecule has 1 aliphatic carbocycles. The van der Waals surface area contributed by atoms with Crippen molar-refractivity contribution in [1.29, 1.82) is 0 Å². The third kappa shape index (κ3) is 4.70. The minimum absolute atomic E-state index is 0.180. The summed E-state index contributed by atoms with van der Waals surface area (Å²) in [7, 11) is -3.19. The zero-order valence-corrected chi connectivity index (χ0v) is 11.9. The standard InChI is InChI=1S/C11H20N2O5S/c1-8(7-19(2,17)18)12-10(16)13-11(9(14)15)5-3-4-6-11/h8H,3-7H2,1-2H3,(H,14,15)(H2,12,13,16). The summed E-state index contributed by atoms with van der Waals surface area (Å²) in [5.41, 5.74) is -1.21. The van der Waals surface area contributed by atoms with Crippen LogP contribution in [0.15, 0.2) is 0 Å². The first-order valence-corrected chi connectivity index (χ1v) is 8.20. The lowest BCUT2D eigenvalue weighted by atomic mass is 9.98. The van der Waals surface area contributed by atoms with E-state index in [0.717, 1.165) is 19.1 Å². The first-order valence-electron chi connectivity index (χ1n) is 6.14. The van der Waals surface area contributed by atoms with Crippen LogP contribution < -0.4 is 10.6 Å². The second-order valence-electron chi connectivity index (χ2n) is 5.19. The molecule has 1 atom stereocenters. The lowest BCUT2D eigenvalue weighted by Crippen LogP contribution is -2.57. The highest BCUT2D eigenvalue weighted by Crippen LogP contribution is 2.29. The van der Waals surface area contributed by atoms with Crippen molar-refractivity contribution in [3.63, 3.8) is 0 Å². The molecule has 110 valence electrons. The molecule has 0 spiro atoms. The second kappa shape index (κ2) is 5.77. The smallest absolute Gasteiger partial charge is 0.329 e. The Bertz CT molecular complexity index is 454. The molecule has 8 heteroatoms. The summed E-state index contributed by atoms with van der Waals surface area (Å²) in [5.74, 6) is -1.23. The van der Waals surface area contributed by atoms with Crippen molar-refractivity contribution in [3.8, 4) is 0 Å². The van der Waals surface area contributed by atoms with Gasteiger partial charge in [-0.15, -0.1) is 0 Å². The van der Waals surface area contributed by atoms with Crippen molar-refractivity contribution >= 4 is 21.8 Å². The van der Waals surface area contributed by atoms with Crippen LogP contribution >= 0.6 is 0 Å². The number of sulfone groups is 1. The molecule has 0 aromatic rings. The molecule has 1 unspecified atom stereocenters. The third-order valence-electron chi connectivity index (χ3n) is 3.15. The summed E-state index contributed by atoms with van der Waals surface area (Å²) in [6.45, 7) is 1.56. The molecule has 1 saturated carbocycles. The lowest BCUT2D eigenvalue weighted by Gasteiger charge is -2.26. The van der Waals surface area contributed by atoms with Gasteiger partial charge in [-0.3, -0.25) is 0 Å². The Balaban J connectivity index is 2.57. The minimum atomic E-state index is -3.19. The summed E-state index contributed by atoms with van der Waals surface area (Å²) >= 11 is 0. The average molecular weight is 292 g/mol. The van der Waals surface area contributed by atoms with Gasteiger partial charge in [0.25, 0.3) is 0 Å². The van der Waals surface area contributed by atoms with Gasteiger partial charge in [-0.05, 0) is 19.8 Å². The van der Waals surface area contributed by atoms with Gasteiger partial charge in [-0.25, -0.2) is 18.0 Å². The minimum Gasteiger partial charge on any atom is -0.480 e. The molecule has 0 radical (unpaired) electrons. The predicted octanol–water partition coefficient (Wildman–Crippen LogP) is 0.116. The second-order valence-corrected chi connectivity index (χ2v) is 7.37. The fourth-order valence-corrected chi connectivity index (χ4v) is 3.34. The number of amides is 2. The number of carboxylic acid groups (broad SMARTS) is 1. The highest BCUT2D eigenvalue weighted by molar-refractivity contribution is 7.90. The van der Waals surface area contributed by atoms with Crippen molar-refractivity contribution in [3.05, 3.63) is 0 Å². The van der Waals surface area contributed by atoms with E-state index in [9.17, 15) is 23.1 Å². The van der Waals surface area contributed by atoms with E-state index in [0.29, 0.717) is 12.8 Å². The van der Waals surface area contributed by atoms with E-state index >= 15 is 0 Å². The zero-order chi connectivity index (χ0) is 14.7. The van der Waals surface area contributed by atoms with Gasteiger partial charge >= 0.3 is 12.0 Å². The van der Waals surface area contributed by atoms with Crippen LogP contribution in [0.4, 0.5) is 4.79 Å². The molecule has 1 rings (SSSR count). The molecule has 0 aromatic carbocycles. The van der Waals surface area contributed by atoms with E-state index in [1.165, 1.54) is 0 Å². The summed E-state index contributed by atoms with van der Waals surface area (Å²) in [6, 6.07) is -1.21. The fraction of sp³-hybridized carbons (Fsp3) is 0.818. The Hall–Kier alpha value is -1.31. The summed E-state index contributed by atoms with van der Waals surface area (Å²) in [4.78, 5) is 23.0. The molecular formula is C11H20N2O5S. The largest absolute Gasteiger partial charge is 0.480 e. The maximum absolute atomic E-state index is 11.7. The summed E-state index contributed by atoms with van der Waals surface area (Å²) < 4.78 is 22.1. The highest BCUT2D eigenvalue weighted by Gasteiger charge is 2.42. The van der Waals surface area contributed by atoms with Crippen LogP contribution in [0.25, 0.3) is 0 Å². The van der Waals surface area contributed by atoms with E-state index in [1.807, 2.05) is 0 Å². The molecule has 0 bridgehead atoms. The van der Waals surface area contributed by atoms with Gasteiger partial charge in [0.2, 0.25) is 0 Å². The number of hydrogen-bond acceptors (Lipinski definition) is 4. The number of rotatable bonds is 5. The van der Waals surface area contributed by atoms with Gasteiger partial charge in [-0.1, -0.05) is 12.8 Å². The maximum Gasteiger partial charge on any atom is 0.329 e. The van der Waals surface area contributed by atoms with E-state index < -0.39 is 33.4 Å². The van der Waals surface area contributed by atoms with Crippen LogP contribution in [0.3, 0.4) is 0 Å². The average Bonchev–Trinajstić information content (AvgIpc) is 2.63. The first kappa shape index (κ1) is 15.7. The van der Waals surface area contributed by atoms with Crippen LogP contribution in [-0.2, 0) is 14.6 Å². The van der Waals surface area contributed by atoms with Gasteiger partial charge < -0.3 is 15.7 Å². The van der Waals surface area contributed by atoms with Gasteiger partial charge in [0.15, 0.2) is 0 Å². The van der Waals surface area contributed by atoms with E-state index in [-0.39, 0.29) is 5.75 Å².